The number of carbonyl (C=O) groups excluding carboxylic acids is 1. The summed E-state index contributed by atoms with van der Waals surface area (Å²) in [6.45, 7) is 2.06. The van der Waals surface area contributed by atoms with E-state index in [4.69, 9.17) is 0 Å². The predicted octanol–water partition coefficient (Wildman–Crippen LogP) is 1.40. The Kier molecular flexibility index (Phi) is 3.33. The number of aromatic nitrogens is 1. The molecule has 0 bridgehead atoms. The molecule has 1 fully saturated rings. The van der Waals surface area contributed by atoms with Crippen LogP contribution < -0.4 is 5.32 Å². The van der Waals surface area contributed by atoms with Crippen LogP contribution in [0, 0.1) is 0 Å². The molecule has 2 heterocycles. The van der Waals surface area contributed by atoms with Crippen molar-refractivity contribution in [2.75, 3.05) is 20.2 Å². The number of carbonyl (C=O) groups is 1. The van der Waals surface area contributed by atoms with E-state index in [1.54, 1.807) is 6.20 Å². The van der Waals surface area contributed by atoms with Gasteiger partial charge in [0.1, 0.15) is 4.88 Å². The number of nitrogens with one attached hydrogen (secondary N) is 1. The molecule has 15 heavy (non-hydrogen) atoms. The summed E-state index contributed by atoms with van der Waals surface area (Å²) in [5, 5.41) is 4.38. The number of methoxy groups -OCH3 is 1. The van der Waals surface area contributed by atoms with E-state index in [2.05, 4.69) is 15.0 Å². The minimum atomic E-state index is -0.289. The third-order valence-corrected chi connectivity index (χ3v) is 3.70. The normalized spacial score (nSPS) is 21.3. The van der Waals surface area contributed by atoms with E-state index < -0.39 is 0 Å². The molecular formula is C10H14N2O2S. The number of esters is 1. The van der Waals surface area contributed by atoms with Crippen molar-refractivity contribution < 1.29 is 9.53 Å². The van der Waals surface area contributed by atoms with Crippen LogP contribution in [0.25, 0.3) is 0 Å². The summed E-state index contributed by atoms with van der Waals surface area (Å²) in [5.41, 5.74) is 0. The first kappa shape index (κ1) is 10.6. The van der Waals surface area contributed by atoms with Crippen LogP contribution >= 0.6 is 11.3 Å². The van der Waals surface area contributed by atoms with Crippen molar-refractivity contribution >= 4 is 17.3 Å². The van der Waals surface area contributed by atoms with Crippen molar-refractivity contribution in [3.8, 4) is 0 Å². The lowest BCUT2D eigenvalue weighted by molar-refractivity contribution is 0.0606. The number of piperidine rings is 1. The number of hydrogen-bond acceptors (Lipinski definition) is 5. The Morgan fingerprint density at radius 2 is 2.60 bits per heavy atom. The van der Waals surface area contributed by atoms with Crippen LogP contribution in [0.5, 0.6) is 0 Å². The molecule has 1 aliphatic heterocycles. The second-order valence-corrected chi connectivity index (χ2v) is 4.66. The van der Waals surface area contributed by atoms with Gasteiger partial charge in [-0.25, -0.2) is 9.78 Å². The van der Waals surface area contributed by atoms with Crippen LogP contribution in [0.3, 0.4) is 0 Å². The Bertz CT molecular complexity index is 345. The molecule has 4 nitrogen and oxygen atoms in total. The van der Waals surface area contributed by atoms with E-state index in [1.165, 1.54) is 24.9 Å². The molecule has 0 aromatic carbocycles. The maximum atomic E-state index is 11.2. The molecule has 0 radical (unpaired) electrons. The number of rotatable bonds is 2. The van der Waals surface area contributed by atoms with Crippen LogP contribution in [0.4, 0.5) is 0 Å². The second kappa shape index (κ2) is 4.72. The van der Waals surface area contributed by atoms with Crippen LogP contribution in [-0.4, -0.2) is 31.2 Å². The van der Waals surface area contributed by atoms with Crippen molar-refractivity contribution in [3.05, 3.63) is 16.1 Å². The molecule has 1 N–H and O–H groups in total. The van der Waals surface area contributed by atoms with E-state index >= 15 is 0 Å². The zero-order valence-electron chi connectivity index (χ0n) is 8.66. The highest BCUT2D eigenvalue weighted by atomic mass is 32.1. The molecule has 1 aliphatic rings. The fourth-order valence-electron chi connectivity index (χ4n) is 1.73. The highest BCUT2D eigenvalue weighted by molar-refractivity contribution is 7.13. The third kappa shape index (κ3) is 2.35. The van der Waals surface area contributed by atoms with Crippen molar-refractivity contribution in [2.24, 2.45) is 0 Å². The van der Waals surface area contributed by atoms with Crippen molar-refractivity contribution in [1.82, 2.24) is 10.3 Å². The maximum Gasteiger partial charge on any atom is 0.349 e. The Labute approximate surface area is 92.7 Å². The molecule has 5 heteroatoms. The largest absolute Gasteiger partial charge is 0.465 e. The van der Waals surface area contributed by atoms with Crippen molar-refractivity contribution in [3.63, 3.8) is 0 Å². The fourth-order valence-corrected chi connectivity index (χ4v) is 2.70. The van der Waals surface area contributed by atoms with Crippen LogP contribution in [0.1, 0.15) is 33.4 Å². The first-order valence-corrected chi connectivity index (χ1v) is 5.87. The Morgan fingerprint density at radius 3 is 3.27 bits per heavy atom. The summed E-state index contributed by atoms with van der Waals surface area (Å²) in [7, 11) is 1.39. The van der Waals surface area contributed by atoms with Gasteiger partial charge in [-0.1, -0.05) is 0 Å². The van der Waals surface area contributed by atoms with Crippen molar-refractivity contribution in [1.29, 1.82) is 0 Å². The monoisotopic (exact) mass is 226 g/mol. The zero-order valence-corrected chi connectivity index (χ0v) is 9.47. The van der Waals surface area contributed by atoms with Crippen molar-refractivity contribution in [2.45, 2.75) is 18.8 Å². The van der Waals surface area contributed by atoms with Gasteiger partial charge in [0.2, 0.25) is 0 Å². The third-order valence-electron chi connectivity index (χ3n) is 2.56. The molecule has 0 amide bonds. The van der Waals surface area contributed by atoms with Crippen LogP contribution in [0.15, 0.2) is 6.20 Å². The zero-order chi connectivity index (χ0) is 10.7. The van der Waals surface area contributed by atoms with Gasteiger partial charge in [-0.3, -0.25) is 0 Å². The molecule has 82 valence electrons. The fraction of sp³-hybridized carbons (Fsp3) is 0.600. The Balaban J connectivity index is 2.08. The van der Waals surface area contributed by atoms with Gasteiger partial charge >= 0.3 is 5.97 Å². The lowest BCUT2D eigenvalue weighted by atomic mass is 10.0. The summed E-state index contributed by atoms with van der Waals surface area (Å²) in [5.74, 6) is 0.171. The highest BCUT2D eigenvalue weighted by Gasteiger charge is 2.20. The number of thiazole rings is 1. The van der Waals surface area contributed by atoms with Gasteiger partial charge in [-0.05, 0) is 19.4 Å². The molecule has 0 aliphatic carbocycles. The van der Waals surface area contributed by atoms with Gasteiger partial charge in [0.25, 0.3) is 0 Å². The van der Waals surface area contributed by atoms with E-state index in [-0.39, 0.29) is 5.97 Å². The molecular weight excluding hydrogens is 212 g/mol. The van der Waals surface area contributed by atoms with Crippen LogP contribution in [0.2, 0.25) is 0 Å². The molecule has 1 unspecified atom stereocenters. The molecule has 1 aromatic heterocycles. The van der Waals surface area contributed by atoms with Gasteiger partial charge < -0.3 is 10.1 Å². The van der Waals surface area contributed by atoms with Gasteiger partial charge in [0.05, 0.1) is 18.3 Å². The second-order valence-electron chi connectivity index (χ2n) is 3.60. The summed E-state index contributed by atoms with van der Waals surface area (Å²) in [6, 6.07) is 0. The smallest absolute Gasteiger partial charge is 0.349 e. The summed E-state index contributed by atoms with van der Waals surface area (Å²) < 4.78 is 4.65. The highest BCUT2D eigenvalue weighted by Crippen LogP contribution is 2.27. The van der Waals surface area contributed by atoms with Gasteiger partial charge in [-0.2, -0.15) is 0 Å². The van der Waals surface area contributed by atoms with Gasteiger partial charge in [-0.15, -0.1) is 11.3 Å². The molecule has 0 spiro atoms. The Morgan fingerprint density at radius 1 is 1.73 bits per heavy atom. The molecule has 1 saturated heterocycles. The number of ether oxygens (including phenoxy) is 1. The average Bonchev–Trinajstić information content (AvgIpc) is 2.78. The summed E-state index contributed by atoms with van der Waals surface area (Å²) >= 11 is 1.45. The Hall–Kier alpha value is -0.940. The predicted molar refractivity (Wildman–Crippen MR) is 58.3 cm³/mol. The molecule has 2 rings (SSSR count). The minimum Gasteiger partial charge on any atom is -0.465 e. The summed E-state index contributed by atoms with van der Waals surface area (Å²) in [4.78, 5) is 16.1. The van der Waals surface area contributed by atoms with E-state index in [9.17, 15) is 4.79 Å². The minimum absolute atomic E-state index is 0.289. The topological polar surface area (TPSA) is 51.2 Å². The SMILES string of the molecule is COC(=O)c1cnc(C2CCCNC2)s1. The number of hydrogen-bond donors (Lipinski definition) is 1. The first-order chi connectivity index (χ1) is 7.31. The quantitative estimate of drug-likeness (QED) is 0.774. The summed E-state index contributed by atoms with van der Waals surface area (Å²) in [6.07, 6.45) is 3.94. The lowest BCUT2D eigenvalue weighted by Gasteiger charge is -2.20. The van der Waals surface area contributed by atoms with Crippen LogP contribution in [-0.2, 0) is 4.74 Å². The standard InChI is InChI=1S/C10H14N2O2S/c1-14-10(13)8-6-12-9(15-8)7-3-2-4-11-5-7/h6-7,11H,2-5H2,1H3. The van der Waals surface area contributed by atoms with Gasteiger partial charge in [0.15, 0.2) is 0 Å². The number of nitrogens with zero attached hydrogens (tertiary/aromatic N) is 1. The maximum absolute atomic E-state index is 11.2. The van der Waals surface area contributed by atoms with Gasteiger partial charge in [0, 0.05) is 12.5 Å². The van der Waals surface area contributed by atoms with E-state index in [1.807, 2.05) is 0 Å². The molecule has 1 atom stereocenters. The lowest BCUT2D eigenvalue weighted by Crippen LogP contribution is -2.28. The van der Waals surface area contributed by atoms with E-state index in [0.29, 0.717) is 10.8 Å². The first-order valence-electron chi connectivity index (χ1n) is 5.06. The average molecular weight is 226 g/mol. The molecule has 1 aromatic rings. The molecule has 0 saturated carbocycles. The van der Waals surface area contributed by atoms with E-state index in [0.717, 1.165) is 24.5 Å².